The first-order valence-electron chi connectivity index (χ1n) is 1.82. The Labute approximate surface area is 55.3 Å². The van der Waals surface area contributed by atoms with E-state index in [2.05, 4.69) is 17.5 Å². The molecule has 0 unspecified atom stereocenters. The minimum Gasteiger partial charge on any atom is -0.305 e. The molecule has 1 heterocycles. The Hall–Kier alpha value is -0.420. The standard InChI is InChI=1S/C3H2N2OS2/c4-1-2(6)5-3(7)8-1/h4H,(H,5,6,7). The summed E-state index contributed by atoms with van der Waals surface area (Å²) in [4.78, 5) is 10.3. The molecule has 2 N–H and O–H groups in total. The highest BCUT2D eigenvalue weighted by molar-refractivity contribution is 8.35. The number of thiocarbonyl (C=S) groups is 1. The van der Waals surface area contributed by atoms with E-state index >= 15 is 0 Å². The number of rotatable bonds is 0. The van der Waals surface area contributed by atoms with Crippen LogP contribution in [0.15, 0.2) is 0 Å². The predicted octanol–water partition coefficient (Wildman–Crippen LogP) is 0.112. The molecule has 0 aliphatic carbocycles. The van der Waals surface area contributed by atoms with Gasteiger partial charge in [0.25, 0.3) is 5.91 Å². The number of amides is 1. The van der Waals surface area contributed by atoms with Crippen molar-refractivity contribution in [2.24, 2.45) is 0 Å². The van der Waals surface area contributed by atoms with Gasteiger partial charge in [-0.1, -0.05) is 12.2 Å². The smallest absolute Gasteiger partial charge is 0.281 e. The average molecular weight is 146 g/mol. The molecule has 0 aromatic rings. The molecule has 0 bridgehead atoms. The normalized spacial score (nSPS) is 19.2. The minimum absolute atomic E-state index is 0.0185. The first-order chi connectivity index (χ1) is 3.70. The maximum atomic E-state index is 10.3. The first kappa shape index (κ1) is 5.71. The molecule has 1 saturated heterocycles. The van der Waals surface area contributed by atoms with Gasteiger partial charge in [0.2, 0.25) is 0 Å². The van der Waals surface area contributed by atoms with E-state index in [1.54, 1.807) is 0 Å². The zero-order valence-corrected chi connectivity index (χ0v) is 5.36. The van der Waals surface area contributed by atoms with Crippen molar-refractivity contribution in [3.05, 3.63) is 0 Å². The van der Waals surface area contributed by atoms with Crippen molar-refractivity contribution in [1.82, 2.24) is 5.32 Å². The van der Waals surface area contributed by atoms with Gasteiger partial charge in [-0.25, -0.2) is 0 Å². The molecular weight excluding hydrogens is 144 g/mol. The van der Waals surface area contributed by atoms with Gasteiger partial charge in [0.1, 0.15) is 4.32 Å². The van der Waals surface area contributed by atoms with E-state index in [1.165, 1.54) is 0 Å². The van der Waals surface area contributed by atoms with E-state index in [1.807, 2.05) is 0 Å². The number of carbonyl (C=O) groups is 1. The Kier molecular flexibility index (Phi) is 1.31. The van der Waals surface area contributed by atoms with E-state index in [-0.39, 0.29) is 11.0 Å². The van der Waals surface area contributed by atoms with Crippen LogP contribution in [0.3, 0.4) is 0 Å². The Morgan fingerprint density at radius 2 is 2.38 bits per heavy atom. The van der Waals surface area contributed by atoms with Crippen molar-refractivity contribution >= 4 is 39.3 Å². The van der Waals surface area contributed by atoms with Gasteiger partial charge in [-0.05, 0) is 11.8 Å². The second-order valence-corrected chi connectivity index (χ2v) is 2.86. The van der Waals surface area contributed by atoms with Crippen LogP contribution in [0, 0.1) is 5.41 Å². The van der Waals surface area contributed by atoms with Gasteiger partial charge in [0, 0.05) is 0 Å². The number of nitrogens with one attached hydrogen (secondary N) is 2. The molecule has 0 atom stereocenters. The van der Waals surface area contributed by atoms with Gasteiger partial charge < -0.3 is 5.32 Å². The number of hydrogen-bond donors (Lipinski definition) is 2. The van der Waals surface area contributed by atoms with Crippen LogP contribution in [0.4, 0.5) is 0 Å². The summed E-state index contributed by atoms with van der Waals surface area (Å²) in [6.07, 6.45) is 0. The van der Waals surface area contributed by atoms with Crippen LogP contribution in [0.2, 0.25) is 0 Å². The Bertz CT molecular complexity index is 158. The Balaban J connectivity index is 2.79. The topological polar surface area (TPSA) is 53.0 Å². The van der Waals surface area contributed by atoms with E-state index in [0.717, 1.165) is 11.8 Å². The van der Waals surface area contributed by atoms with Gasteiger partial charge in [0.15, 0.2) is 5.04 Å². The van der Waals surface area contributed by atoms with Crippen molar-refractivity contribution < 1.29 is 4.79 Å². The van der Waals surface area contributed by atoms with Crippen molar-refractivity contribution in [3.63, 3.8) is 0 Å². The summed E-state index contributed by atoms with van der Waals surface area (Å²) in [6.45, 7) is 0. The molecule has 1 fully saturated rings. The quantitative estimate of drug-likeness (QED) is 0.477. The molecule has 1 amide bonds. The summed E-state index contributed by atoms with van der Waals surface area (Å²) in [5, 5.41) is 9.13. The number of thioether (sulfide) groups is 1. The van der Waals surface area contributed by atoms with Gasteiger partial charge in [0.05, 0.1) is 0 Å². The fraction of sp³-hybridized carbons (Fsp3) is 0. The lowest BCUT2D eigenvalue weighted by Gasteiger charge is -1.80. The molecule has 1 aliphatic heterocycles. The lowest BCUT2D eigenvalue weighted by molar-refractivity contribution is -0.113. The molecule has 0 aromatic heterocycles. The van der Waals surface area contributed by atoms with Gasteiger partial charge >= 0.3 is 0 Å². The van der Waals surface area contributed by atoms with E-state index in [9.17, 15) is 4.79 Å². The summed E-state index contributed by atoms with van der Waals surface area (Å²) in [5.41, 5.74) is 0. The second-order valence-electron chi connectivity index (χ2n) is 1.17. The zero-order valence-electron chi connectivity index (χ0n) is 3.72. The molecule has 1 rings (SSSR count). The molecular formula is C3H2N2OS2. The zero-order chi connectivity index (χ0) is 6.15. The third-order valence-corrected chi connectivity index (χ3v) is 1.65. The molecule has 42 valence electrons. The van der Waals surface area contributed by atoms with Crippen LogP contribution in [0.25, 0.3) is 0 Å². The summed E-state index contributed by atoms with van der Waals surface area (Å²) < 4.78 is 0.375. The van der Waals surface area contributed by atoms with Crippen LogP contribution in [0.1, 0.15) is 0 Å². The molecule has 0 radical (unpaired) electrons. The average Bonchev–Trinajstić information content (AvgIpc) is 1.85. The summed E-state index contributed by atoms with van der Waals surface area (Å²) >= 11 is 5.55. The van der Waals surface area contributed by atoms with Crippen molar-refractivity contribution in [2.75, 3.05) is 0 Å². The minimum atomic E-state index is -0.389. The summed E-state index contributed by atoms with van der Waals surface area (Å²) in [6, 6.07) is 0. The number of hydrogen-bond acceptors (Lipinski definition) is 4. The van der Waals surface area contributed by atoms with Crippen LogP contribution in [-0.4, -0.2) is 15.3 Å². The Morgan fingerprint density at radius 1 is 1.75 bits per heavy atom. The van der Waals surface area contributed by atoms with Crippen molar-refractivity contribution in [2.45, 2.75) is 0 Å². The van der Waals surface area contributed by atoms with Crippen molar-refractivity contribution in [3.8, 4) is 0 Å². The fourth-order valence-corrected chi connectivity index (χ4v) is 1.13. The third kappa shape index (κ3) is 0.873. The molecule has 0 saturated carbocycles. The molecule has 8 heavy (non-hydrogen) atoms. The summed E-state index contributed by atoms with van der Waals surface area (Å²) in [7, 11) is 0. The molecule has 1 aliphatic rings. The molecule has 0 aromatic carbocycles. The van der Waals surface area contributed by atoms with Crippen LogP contribution in [-0.2, 0) is 4.79 Å². The van der Waals surface area contributed by atoms with Gasteiger partial charge in [-0.15, -0.1) is 0 Å². The van der Waals surface area contributed by atoms with E-state index < -0.39 is 0 Å². The lowest BCUT2D eigenvalue weighted by Crippen LogP contribution is -2.20. The third-order valence-electron chi connectivity index (χ3n) is 0.617. The molecule has 3 nitrogen and oxygen atoms in total. The second kappa shape index (κ2) is 1.83. The van der Waals surface area contributed by atoms with Gasteiger partial charge in [-0.2, -0.15) is 0 Å². The van der Waals surface area contributed by atoms with Gasteiger partial charge in [-0.3, -0.25) is 10.2 Å². The van der Waals surface area contributed by atoms with Crippen molar-refractivity contribution in [1.29, 1.82) is 5.41 Å². The maximum Gasteiger partial charge on any atom is 0.281 e. The van der Waals surface area contributed by atoms with Crippen LogP contribution < -0.4 is 5.32 Å². The van der Waals surface area contributed by atoms with Crippen LogP contribution in [0.5, 0.6) is 0 Å². The first-order valence-corrected chi connectivity index (χ1v) is 3.04. The highest BCUT2D eigenvalue weighted by Gasteiger charge is 2.21. The maximum absolute atomic E-state index is 10.3. The SMILES string of the molecule is N=C1SC(=S)NC1=O. The molecule has 5 heteroatoms. The fourth-order valence-electron chi connectivity index (χ4n) is 0.314. The lowest BCUT2D eigenvalue weighted by atomic mass is 10.7. The highest BCUT2D eigenvalue weighted by atomic mass is 32.2. The Morgan fingerprint density at radius 3 is 2.50 bits per heavy atom. The number of carbonyl (C=O) groups excluding carboxylic acids is 1. The van der Waals surface area contributed by atoms with Crippen LogP contribution >= 0.6 is 24.0 Å². The predicted molar refractivity (Wildman–Crippen MR) is 36.1 cm³/mol. The highest BCUT2D eigenvalue weighted by Crippen LogP contribution is 2.10. The van der Waals surface area contributed by atoms with E-state index in [4.69, 9.17) is 5.41 Å². The monoisotopic (exact) mass is 146 g/mol. The molecule has 0 spiro atoms. The largest absolute Gasteiger partial charge is 0.305 e. The van der Waals surface area contributed by atoms with E-state index in [0.29, 0.717) is 4.32 Å². The summed E-state index contributed by atoms with van der Waals surface area (Å²) in [5.74, 6) is -0.389.